The molecule has 6 nitrogen and oxygen atoms in total. The summed E-state index contributed by atoms with van der Waals surface area (Å²) in [6.45, 7) is 6.61. The first kappa shape index (κ1) is 70.1. The van der Waals surface area contributed by atoms with E-state index < -0.39 is 6.10 Å². The second kappa shape index (κ2) is 61.7. The molecule has 0 heterocycles. The fourth-order valence-electron chi connectivity index (χ4n) is 9.17. The Hall–Kier alpha value is -2.89. The van der Waals surface area contributed by atoms with Gasteiger partial charge >= 0.3 is 17.9 Å². The number of unbranched alkanes of at least 4 members (excludes halogenated alkanes) is 37. The molecule has 0 saturated heterocycles. The molecule has 1 unspecified atom stereocenters. The molecule has 0 radical (unpaired) electrons. The highest BCUT2D eigenvalue weighted by Gasteiger charge is 2.19. The monoisotopic (exact) mass is 1020 g/mol. The molecule has 6 heteroatoms. The van der Waals surface area contributed by atoms with Crippen LogP contribution in [-0.2, 0) is 28.6 Å². The Morgan fingerprint density at radius 2 is 0.507 bits per heavy atom. The number of allylic oxidation sites excluding steroid dienone is 10. The molecule has 0 aromatic rings. The number of carbonyl (C=O) groups excluding carboxylic acids is 3. The molecule has 0 saturated carbocycles. The molecular weight excluding hydrogens is 901 g/mol. The minimum absolute atomic E-state index is 0.0764. The molecule has 0 aliphatic carbocycles. The average molecular weight is 1020 g/mol. The van der Waals surface area contributed by atoms with Gasteiger partial charge in [0.05, 0.1) is 0 Å². The van der Waals surface area contributed by atoms with E-state index in [2.05, 4.69) is 81.5 Å². The van der Waals surface area contributed by atoms with Crippen LogP contribution in [0.5, 0.6) is 0 Å². The second-order valence-corrected chi connectivity index (χ2v) is 21.3. The number of hydrogen-bond acceptors (Lipinski definition) is 6. The van der Waals surface area contributed by atoms with Crippen LogP contribution in [0.3, 0.4) is 0 Å². The van der Waals surface area contributed by atoms with Gasteiger partial charge in [-0.2, -0.15) is 0 Å². The lowest BCUT2D eigenvalue weighted by atomic mass is 10.0. The van der Waals surface area contributed by atoms with E-state index in [9.17, 15) is 14.4 Å². The summed E-state index contributed by atoms with van der Waals surface area (Å²) in [5, 5.41) is 0. The zero-order valence-electron chi connectivity index (χ0n) is 48.7. The van der Waals surface area contributed by atoms with Gasteiger partial charge < -0.3 is 14.2 Å². The lowest BCUT2D eigenvalue weighted by molar-refractivity contribution is -0.167. The predicted octanol–water partition coefficient (Wildman–Crippen LogP) is 21.6. The van der Waals surface area contributed by atoms with Gasteiger partial charge in [0.15, 0.2) is 6.10 Å². The van der Waals surface area contributed by atoms with Crippen LogP contribution in [0.2, 0.25) is 0 Å². The number of carbonyl (C=O) groups is 3. The Bertz CT molecular complexity index is 1310. The standard InChI is InChI=1S/C67H120O6/c1-4-7-10-13-16-19-22-25-27-28-29-30-31-32-33-34-35-36-37-38-39-40-41-43-45-48-51-54-57-60-66(69)72-63-64(62-71-65(68)59-56-53-50-47-44-24-21-18-15-12-9-6-3)73-67(70)61-58-55-52-49-46-42-26-23-20-17-14-11-8-5-2/h14,17,22-23,25-26,28-29,31-32,64H,4-13,15-16,18-21,24,27,30,33-63H2,1-3H3/b17-14-,25-22-,26-23-,29-28-,32-31-. The number of hydrogen-bond donors (Lipinski definition) is 0. The van der Waals surface area contributed by atoms with Gasteiger partial charge in [-0.1, -0.05) is 287 Å². The van der Waals surface area contributed by atoms with Crippen molar-refractivity contribution in [1.82, 2.24) is 0 Å². The number of ether oxygens (including phenoxy) is 3. The molecule has 0 fully saturated rings. The van der Waals surface area contributed by atoms with Crippen LogP contribution in [0.15, 0.2) is 60.8 Å². The van der Waals surface area contributed by atoms with E-state index in [0.717, 1.165) is 96.3 Å². The fourth-order valence-corrected chi connectivity index (χ4v) is 9.17. The molecule has 73 heavy (non-hydrogen) atoms. The van der Waals surface area contributed by atoms with E-state index in [-0.39, 0.29) is 31.1 Å². The summed E-state index contributed by atoms with van der Waals surface area (Å²) in [4.78, 5) is 38.2. The van der Waals surface area contributed by atoms with Crippen molar-refractivity contribution in [3.8, 4) is 0 Å². The molecular formula is C67H120O6. The van der Waals surface area contributed by atoms with Crippen LogP contribution in [0, 0.1) is 0 Å². The Labute approximate surface area is 453 Å². The van der Waals surface area contributed by atoms with Crippen molar-refractivity contribution in [1.29, 1.82) is 0 Å². The van der Waals surface area contributed by atoms with Gasteiger partial charge in [0, 0.05) is 19.3 Å². The topological polar surface area (TPSA) is 78.9 Å². The lowest BCUT2D eigenvalue weighted by Crippen LogP contribution is -2.30. The van der Waals surface area contributed by atoms with Crippen molar-refractivity contribution >= 4 is 17.9 Å². The summed E-state index contributed by atoms with van der Waals surface area (Å²) < 4.78 is 16.9. The van der Waals surface area contributed by atoms with Crippen LogP contribution in [0.4, 0.5) is 0 Å². The fraction of sp³-hybridized carbons (Fsp3) is 0.806. The zero-order chi connectivity index (χ0) is 52.9. The highest BCUT2D eigenvalue weighted by atomic mass is 16.6. The Morgan fingerprint density at radius 1 is 0.274 bits per heavy atom. The summed E-state index contributed by atoms with van der Waals surface area (Å²) in [6, 6.07) is 0. The maximum absolute atomic E-state index is 12.8. The third-order valence-electron chi connectivity index (χ3n) is 14.0. The van der Waals surface area contributed by atoms with Crippen LogP contribution < -0.4 is 0 Å². The van der Waals surface area contributed by atoms with Crippen molar-refractivity contribution in [2.24, 2.45) is 0 Å². The van der Waals surface area contributed by atoms with Gasteiger partial charge in [0.1, 0.15) is 13.2 Å². The Kier molecular flexibility index (Phi) is 59.2. The van der Waals surface area contributed by atoms with E-state index in [1.54, 1.807) is 0 Å². The first-order valence-electron chi connectivity index (χ1n) is 31.8. The average Bonchev–Trinajstić information content (AvgIpc) is 3.39. The van der Waals surface area contributed by atoms with Gasteiger partial charge in [-0.25, -0.2) is 0 Å². The van der Waals surface area contributed by atoms with E-state index >= 15 is 0 Å². The zero-order valence-corrected chi connectivity index (χ0v) is 48.7. The highest BCUT2D eigenvalue weighted by molar-refractivity contribution is 5.71. The van der Waals surface area contributed by atoms with Crippen LogP contribution >= 0.6 is 0 Å². The minimum Gasteiger partial charge on any atom is -0.462 e. The molecule has 0 aliphatic heterocycles. The maximum atomic E-state index is 12.8. The van der Waals surface area contributed by atoms with Gasteiger partial charge in [-0.05, 0) is 83.5 Å². The third kappa shape index (κ3) is 59.9. The third-order valence-corrected chi connectivity index (χ3v) is 14.0. The normalized spacial score (nSPS) is 12.4. The van der Waals surface area contributed by atoms with Crippen LogP contribution in [0.25, 0.3) is 0 Å². The lowest BCUT2D eigenvalue weighted by Gasteiger charge is -2.18. The van der Waals surface area contributed by atoms with Crippen molar-refractivity contribution < 1.29 is 28.6 Å². The molecule has 0 aliphatic rings. The van der Waals surface area contributed by atoms with Crippen molar-refractivity contribution in [2.75, 3.05) is 13.2 Å². The van der Waals surface area contributed by atoms with Crippen molar-refractivity contribution in [3.05, 3.63) is 60.8 Å². The molecule has 0 spiro atoms. The largest absolute Gasteiger partial charge is 0.462 e. The van der Waals surface area contributed by atoms with Crippen LogP contribution in [0.1, 0.15) is 329 Å². The molecule has 0 aromatic carbocycles. The molecule has 424 valence electrons. The van der Waals surface area contributed by atoms with Gasteiger partial charge in [-0.15, -0.1) is 0 Å². The highest BCUT2D eigenvalue weighted by Crippen LogP contribution is 2.17. The summed E-state index contributed by atoms with van der Waals surface area (Å²) >= 11 is 0. The molecule has 1 atom stereocenters. The minimum atomic E-state index is -0.779. The van der Waals surface area contributed by atoms with E-state index in [4.69, 9.17) is 14.2 Å². The van der Waals surface area contributed by atoms with E-state index in [0.29, 0.717) is 19.3 Å². The second-order valence-electron chi connectivity index (χ2n) is 21.3. The van der Waals surface area contributed by atoms with E-state index in [1.807, 2.05) is 0 Å². The molecule has 0 amide bonds. The number of esters is 3. The molecule has 0 N–H and O–H groups in total. The summed E-state index contributed by atoms with van der Waals surface area (Å²) in [5.74, 6) is -0.876. The number of rotatable bonds is 58. The Morgan fingerprint density at radius 3 is 0.808 bits per heavy atom. The van der Waals surface area contributed by atoms with E-state index in [1.165, 1.54) is 193 Å². The maximum Gasteiger partial charge on any atom is 0.306 e. The Balaban J connectivity index is 4.18. The predicted molar refractivity (Wildman–Crippen MR) is 316 cm³/mol. The first-order valence-corrected chi connectivity index (χ1v) is 31.8. The smallest absolute Gasteiger partial charge is 0.306 e. The first-order chi connectivity index (χ1) is 36.0. The van der Waals surface area contributed by atoms with Crippen molar-refractivity contribution in [2.45, 2.75) is 335 Å². The van der Waals surface area contributed by atoms with Gasteiger partial charge in [-0.3, -0.25) is 14.4 Å². The van der Waals surface area contributed by atoms with Gasteiger partial charge in [0.2, 0.25) is 0 Å². The molecule has 0 rings (SSSR count). The summed E-state index contributed by atoms with van der Waals surface area (Å²) in [5.41, 5.74) is 0. The van der Waals surface area contributed by atoms with Crippen LogP contribution in [-0.4, -0.2) is 37.2 Å². The molecule has 0 bridgehead atoms. The summed E-state index contributed by atoms with van der Waals surface area (Å²) in [6.07, 6.45) is 78.0. The molecule has 0 aromatic heterocycles. The quantitative estimate of drug-likeness (QED) is 0.0261. The van der Waals surface area contributed by atoms with Gasteiger partial charge in [0.25, 0.3) is 0 Å². The van der Waals surface area contributed by atoms with Crippen molar-refractivity contribution in [3.63, 3.8) is 0 Å². The SMILES string of the molecule is CCCC/C=C\C/C=C\CCCCCCCC(=O)OC(COC(=O)CCCCCCCCCCCCCC)COC(=O)CCCCCCCCCCCCCCCC/C=C\C/C=C\C/C=C\CCCCCCC. The summed E-state index contributed by atoms with van der Waals surface area (Å²) in [7, 11) is 0.